The second-order valence-electron chi connectivity index (χ2n) is 10.3. The molecule has 0 saturated carbocycles. The van der Waals surface area contributed by atoms with Crippen molar-refractivity contribution in [1.29, 1.82) is 0 Å². The summed E-state index contributed by atoms with van der Waals surface area (Å²) in [5.74, 6) is 1.63. The molecule has 3 atom stereocenters. The Morgan fingerprint density at radius 3 is 2.15 bits per heavy atom. The Morgan fingerprint density at radius 2 is 1.44 bits per heavy atom. The molecule has 1 nitrogen and oxygen atoms in total. The van der Waals surface area contributed by atoms with Crippen molar-refractivity contribution in [2.75, 3.05) is 0 Å². The van der Waals surface area contributed by atoms with Crippen LogP contribution in [0.5, 0.6) is 5.75 Å². The summed E-state index contributed by atoms with van der Waals surface area (Å²) >= 11 is 0. The number of fused-ring (bicyclic) bond motifs is 1. The molecule has 4 aromatic carbocycles. The van der Waals surface area contributed by atoms with E-state index in [-0.39, 0.29) is 11.5 Å². The number of hydrogen-bond donors (Lipinski definition) is 0. The van der Waals surface area contributed by atoms with Crippen molar-refractivity contribution < 1.29 is 4.74 Å². The van der Waals surface area contributed by atoms with E-state index < -0.39 is 0 Å². The van der Waals surface area contributed by atoms with Crippen LogP contribution < -0.4 is 4.74 Å². The van der Waals surface area contributed by atoms with Crippen LogP contribution in [0.4, 0.5) is 0 Å². The molecule has 0 bridgehead atoms. The minimum absolute atomic E-state index is 0.273. The van der Waals surface area contributed by atoms with Crippen LogP contribution in [0, 0.1) is 20.8 Å². The number of hydrogen-bond acceptors (Lipinski definition) is 1. The van der Waals surface area contributed by atoms with Gasteiger partial charge in [0.2, 0.25) is 0 Å². The molecule has 1 aliphatic heterocycles. The van der Waals surface area contributed by atoms with Gasteiger partial charge in [0.05, 0.1) is 0 Å². The minimum Gasteiger partial charge on any atom is -0.487 e. The van der Waals surface area contributed by atoms with Gasteiger partial charge in [0, 0.05) is 17.4 Å². The number of aryl methyl sites for hydroxylation is 3. The van der Waals surface area contributed by atoms with Gasteiger partial charge >= 0.3 is 0 Å². The smallest absolute Gasteiger partial charge is 0.124 e. The molecule has 0 aliphatic carbocycles. The van der Waals surface area contributed by atoms with Crippen LogP contribution in [-0.2, 0) is 0 Å². The molecular formula is C33H34O. The van der Waals surface area contributed by atoms with Crippen molar-refractivity contribution in [3.8, 4) is 5.75 Å². The SMILES string of the molecule is Cc1ccc(C(CC2(C)CC(c3ccccc3)c3ccc(C)cc3O2)c2ccccc2)c(C)c1. The summed E-state index contributed by atoms with van der Waals surface area (Å²) in [7, 11) is 0. The summed E-state index contributed by atoms with van der Waals surface area (Å²) in [4.78, 5) is 0. The van der Waals surface area contributed by atoms with Crippen LogP contribution in [0.3, 0.4) is 0 Å². The normalized spacial score (nSPS) is 20.3. The maximum Gasteiger partial charge on any atom is 0.124 e. The summed E-state index contributed by atoms with van der Waals surface area (Å²) in [5.41, 5.74) is 9.02. The van der Waals surface area contributed by atoms with Crippen molar-refractivity contribution in [3.05, 3.63) is 136 Å². The number of rotatable bonds is 5. The van der Waals surface area contributed by atoms with Gasteiger partial charge in [0.1, 0.15) is 11.4 Å². The third-order valence-electron chi connectivity index (χ3n) is 7.38. The van der Waals surface area contributed by atoms with E-state index in [0.717, 1.165) is 18.6 Å². The van der Waals surface area contributed by atoms with E-state index in [1.165, 1.54) is 38.9 Å². The van der Waals surface area contributed by atoms with Crippen molar-refractivity contribution in [3.63, 3.8) is 0 Å². The predicted octanol–water partition coefficient (Wildman–Crippen LogP) is 8.51. The summed E-state index contributed by atoms with van der Waals surface area (Å²) in [6.45, 7) is 8.88. The van der Waals surface area contributed by atoms with Crippen LogP contribution >= 0.6 is 0 Å². The topological polar surface area (TPSA) is 9.23 Å². The molecule has 5 rings (SSSR count). The highest BCUT2D eigenvalue weighted by Gasteiger charge is 2.40. The third-order valence-corrected chi connectivity index (χ3v) is 7.38. The van der Waals surface area contributed by atoms with Crippen molar-refractivity contribution in [2.45, 2.75) is 58.0 Å². The van der Waals surface area contributed by atoms with Crippen molar-refractivity contribution >= 4 is 0 Å². The van der Waals surface area contributed by atoms with E-state index in [2.05, 4.69) is 125 Å². The lowest BCUT2D eigenvalue weighted by Crippen LogP contribution is -2.40. The molecule has 0 saturated heterocycles. The van der Waals surface area contributed by atoms with Gasteiger partial charge < -0.3 is 4.74 Å². The minimum atomic E-state index is -0.293. The molecule has 34 heavy (non-hydrogen) atoms. The first-order valence-electron chi connectivity index (χ1n) is 12.4. The van der Waals surface area contributed by atoms with Crippen LogP contribution in [0.25, 0.3) is 0 Å². The Morgan fingerprint density at radius 1 is 0.794 bits per heavy atom. The predicted molar refractivity (Wildman–Crippen MR) is 142 cm³/mol. The first-order chi connectivity index (χ1) is 16.4. The maximum absolute atomic E-state index is 6.89. The van der Waals surface area contributed by atoms with Crippen LogP contribution in [0.2, 0.25) is 0 Å². The zero-order chi connectivity index (χ0) is 23.7. The quantitative estimate of drug-likeness (QED) is 0.298. The summed E-state index contributed by atoms with van der Waals surface area (Å²) in [6, 6.07) is 35.4. The average molecular weight is 447 g/mol. The fourth-order valence-electron chi connectivity index (χ4n) is 5.72. The second-order valence-corrected chi connectivity index (χ2v) is 10.3. The van der Waals surface area contributed by atoms with Gasteiger partial charge in [-0.3, -0.25) is 0 Å². The zero-order valence-electron chi connectivity index (χ0n) is 20.7. The van der Waals surface area contributed by atoms with Gasteiger partial charge in [0.25, 0.3) is 0 Å². The van der Waals surface area contributed by atoms with Crippen molar-refractivity contribution in [2.24, 2.45) is 0 Å². The molecule has 0 spiro atoms. The van der Waals surface area contributed by atoms with Crippen LogP contribution in [0.15, 0.2) is 97.1 Å². The van der Waals surface area contributed by atoms with Gasteiger partial charge in [0.15, 0.2) is 0 Å². The van der Waals surface area contributed by atoms with Crippen LogP contribution in [-0.4, -0.2) is 5.60 Å². The molecule has 1 aliphatic rings. The van der Waals surface area contributed by atoms with Gasteiger partial charge in [-0.2, -0.15) is 0 Å². The lowest BCUT2D eigenvalue weighted by molar-refractivity contribution is 0.0456. The molecular weight excluding hydrogens is 412 g/mol. The summed E-state index contributed by atoms with van der Waals surface area (Å²) in [5, 5.41) is 0. The highest BCUT2D eigenvalue weighted by Crippen LogP contribution is 2.48. The van der Waals surface area contributed by atoms with E-state index in [4.69, 9.17) is 4.74 Å². The fraction of sp³-hybridized carbons (Fsp3) is 0.273. The van der Waals surface area contributed by atoms with E-state index in [0.29, 0.717) is 5.92 Å². The molecule has 0 fully saturated rings. The van der Waals surface area contributed by atoms with E-state index in [1.54, 1.807) is 0 Å². The second kappa shape index (κ2) is 9.14. The Bertz CT molecular complexity index is 1270. The largest absolute Gasteiger partial charge is 0.487 e. The zero-order valence-corrected chi connectivity index (χ0v) is 20.7. The molecule has 172 valence electrons. The van der Waals surface area contributed by atoms with E-state index in [1.807, 2.05) is 0 Å². The summed E-state index contributed by atoms with van der Waals surface area (Å²) in [6.07, 6.45) is 1.89. The molecule has 0 radical (unpaired) electrons. The molecule has 3 unspecified atom stereocenters. The molecule has 4 aromatic rings. The Balaban J connectivity index is 1.58. The first-order valence-corrected chi connectivity index (χ1v) is 12.4. The third kappa shape index (κ3) is 4.53. The molecule has 0 aromatic heterocycles. The fourth-order valence-corrected chi connectivity index (χ4v) is 5.72. The Labute approximate surface area is 204 Å². The van der Waals surface area contributed by atoms with E-state index in [9.17, 15) is 0 Å². The first kappa shape index (κ1) is 22.5. The van der Waals surface area contributed by atoms with Gasteiger partial charge in [-0.25, -0.2) is 0 Å². The van der Waals surface area contributed by atoms with Gasteiger partial charge in [-0.15, -0.1) is 0 Å². The maximum atomic E-state index is 6.89. The van der Waals surface area contributed by atoms with Gasteiger partial charge in [-0.05, 0) is 74.4 Å². The monoisotopic (exact) mass is 446 g/mol. The molecule has 1 heterocycles. The lowest BCUT2D eigenvalue weighted by atomic mass is 9.73. The highest BCUT2D eigenvalue weighted by molar-refractivity contribution is 5.47. The van der Waals surface area contributed by atoms with E-state index >= 15 is 0 Å². The molecule has 0 N–H and O–H groups in total. The number of ether oxygens (including phenoxy) is 1. The Hall–Kier alpha value is -3.32. The molecule has 1 heteroatoms. The van der Waals surface area contributed by atoms with Gasteiger partial charge in [-0.1, -0.05) is 96.6 Å². The number of benzene rings is 4. The van der Waals surface area contributed by atoms with Crippen LogP contribution in [0.1, 0.15) is 70.5 Å². The highest BCUT2D eigenvalue weighted by atomic mass is 16.5. The average Bonchev–Trinajstić information content (AvgIpc) is 2.83. The Kier molecular flexibility index (Phi) is 6.04. The summed E-state index contributed by atoms with van der Waals surface area (Å²) < 4.78 is 6.89. The standard InChI is InChI=1S/C33H34O/c1-23-15-17-28(25(3)19-23)30(26-11-7-5-8-12-26)21-33(4)22-31(27-13-9-6-10-14-27)29-18-16-24(2)20-32(29)34-33/h5-20,30-31H,21-22H2,1-4H3. The molecule has 0 amide bonds. The lowest BCUT2D eigenvalue weighted by Gasteiger charge is -2.42. The van der Waals surface area contributed by atoms with Crippen molar-refractivity contribution in [1.82, 2.24) is 0 Å².